The van der Waals surface area contributed by atoms with E-state index in [2.05, 4.69) is 0 Å². The first-order valence-electron chi connectivity index (χ1n) is 6.90. The number of rotatable bonds is 3. The number of ether oxygens (including phenoxy) is 3. The molecule has 2 aliphatic heterocycles. The van der Waals surface area contributed by atoms with Crippen LogP contribution in [0.15, 0.2) is 29.2 Å². The van der Waals surface area contributed by atoms with Crippen LogP contribution in [0.1, 0.15) is 19.3 Å². The van der Waals surface area contributed by atoms with Gasteiger partial charge in [-0.2, -0.15) is 0 Å². The second-order valence-electron chi connectivity index (χ2n) is 5.48. The molecular weight excluding hydrogens is 316 g/mol. The quantitative estimate of drug-likeness (QED) is 0.795. The zero-order valence-corrected chi connectivity index (χ0v) is 13.0. The van der Waals surface area contributed by atoms with E-state index in [1.807, 2.05) is 0 Å². The van der Waals surface area contributed by atoms with E-state index >= 15 is 0 Å². The average Bonchev–Trinajstić information content (AvgIpc) is 2.86. The zero-order valence-electron chi connectivity index (χ0n) is 11.5. The lowest BCUT2D eigenvalue weighted by molar-refractivity contribution is -0.112. The lowest BCUT2D eigenvalue weighted by atomic mass is 9.91. The second-order valence-corrected chi connectivity index (χ2v) is 8.04. The topological polar surface area (TPSA) is 61.8 Å². The molecule has 1 aromatic rings. The molecule has 2 unspecified atom stereocenters. The first-order chi connectivity index (χ1) is 9.97. The Morgan fingerprint density at radius 3 is 2.62 bits per heavy atom. The minimum absolute atomic E-state index is 0.0545. The highest BCUT2D eigenvalue weighted by Gasteiger charge is 2.41. The fourth-order valence-corrected chi connectivity index (χ4v) is 3.59. The van der Waals surface area contributed by atoms with Crippen LogP contribution in [-0.2, 0) is 18.5 Å². The maximum absolute atomic E-state index is 11.2. The van der Waals surface area contributed by atoms with Crippen molar-refractivity contribution in [3.63, 3.8) is 0 Å². The highest BCUT2D eigenvalue weighted by molar-refractivity contribution is 8.13. The molecule has 2 aliphatic rings. The van der Waals surface area contributed by atoms with Gasteiger partial charge in [0.25, 0.3) is 9.05 Å². The first kappa shape index (κ1) is 15.1. The van der Waals surface area contributed by atoms with Gasteiger partial charge in [0.05, 0.1) is 23.7 Å². The third-order valence-corrected chi connectivity index (χ3v) is 5.29. The summed E-state index contributed by atoms with van der Waals surface area (Å²) in [7, 11) is 1.59. The fraction of sp³-hybridized carbons (Fsp3) is 0.571. The molecule has 21 heavy (non-hydrogen) atoms. The van der Waals surface area contributed by atoms with Gasteiger partial charge in [0, 0.05) is 36.6 Å². The van der Waals surface area contributed by atoms with E-state index in [-0.39, 0.29) is 16.6 Å². The van der Waals surface area contributed by atoms with Crippen molar-refractivity contribution < 1.29 is 22.6 Å². The van der Waals surface area contributed by atoms with Crippen molar-refractivity contribution >= 4 is 19.7 Å². The van der Waals surface area contributed by atoms with E-state index in [1.165, 1.54) is 12.1 Å². The smallest absolute Gasteiger partial charge is 0.261 e. The summed E-state index contributed by atoms with van der Waals surface area (Å²) in [5.41, 5.74) is -0.206. The molecule has 2 atom stereocenters. The van der Waals surface area contributed by atoms with Crippen molar-refractivity contribution in [1.29, 1.82) is 0 Å². The number of benzene rings is 1. The van der Waals surface area contributed by atoms with Gasteiger partial charge < -0.3 is 14.2 Å². The van der Waals surface area contributed by atoms with Gasteiger partial charge in [-0.1, -0.05) is 0 Å². The van der Waals surface area contributed by atoms with Gasteiger partial charge >= 0.3 is 0 Å². The molecule has 7 heteroatoms. The Morgan fingerprint density at radius 1 is 1.24 bits per heavy atom. The van der Waals surface area contributed by atoms with Gasteiger partial charge in [-0.15, -0.1) is 0 Å². The van der Waals surface area contributed by atoms with Gasteiger partial charge in [-0.3, -0.25) is 0 Å². The number of hydrogen-bond donors (Lipinski definition) is 0. The molecular formula is C14H17ClO5S. The maximum Gasteiger partial charge on any atom is 0.261 e. The Labute approximate surface area is 128 Å². The van der Waals surface area contributed by atoms with Crippen LogP contribution in [0.5, 0.6) is 5.75 Å². The van der Waals surface area contributed by atoms with Crippen LogP contribution in [0.2, 0.25) is 0 Å². The summed E-state index contributed by atoms with van der Waals surface area (Å²) in [4.78, 5) is 0.0733. The lowest BCUT2D eigenvalue weighted by Crippen LogP contribution is -2.44. The first-order valence-corrected chi connectivity index (χ1v) is 9.21. The van der Waals surface area contributed by atoms with Crippen molar-refractivity contribution in [2.45, 2.75) is 35.9 Å². The van der Waals surface area contributed by atoms with E-state index < -0.39 is 9.05 Å². The summed E-state index contributed by atoms with van der Waals surface area (Å²) in [5.74, 6) is 0.639. The standard InChI is InChI=1S/C14H17ClO5S/c15-21(16,17)13-3-1-11(2-4-13)20-12-5-7-19-14(9-12)6-8-18-10-14/h1-4,12H,5-10H2. The Balaban J connectivity index is 1.66. The largest absolute Gasteiger partial charge is 0.490 e. The van der Waals surface area contributed by atoms with E-state index in [0.717, 1.165) is 25.9 Å². The molecule has 2 fully saturated rings. The molecule has 0 aromatic heterocycles. The van der Waals surface area contributed by atoms with E-state index in [1.54, 1.807) is 12.1 Å². The molecule has 0 radical (unpaired) electrons. The normalized spacial score (nSPS) is 29.7. The summed E-state index contributed by atoms with van der Waals surface area (Å²) in [6.45, 7) is 2.01. The highest BCUT2D eigenvalue weighted by Crippen LogP contribution is 2.34. The molecule has 0 aliphatic carbocycles. The molecule has 2 saturated heterocycles. The van der Waals surface area contributed by atoms with Crippen molar-refractivity contribution in [3.05, 3.63) is 24.3 Å². The van der Waals surface area contributed by atoms with Crippen LogP contribution < -0.4 is 4.74 Å². The highest BCUT2D eigenvalue weighted by atomic mass is 35.7. The third-order valence-electron chi connectivity index (χ3n) is 3.92. The summed E-state index contributed by atoms with van der Waals surface area (Å²) in [6, 6.07) is 6.15. The van der Waals surface area contributed by atoms with Crippen LogP contribution in [0.3, 0.4) is 0 Å². The van der Waals surface area contributed by atoms with Crippen LogP contribution in [-0.4, -0.2) is 39.9 Å². The van der Waals surface area contributed by atoms with Crippen LogP contribution >= 0.6 is 10.7 Å². The van der Waals surface area contributed by atoms with Gasteiger partial charge in [0.1, 0.15) is 11.9 Å². The van der Waals surface area contributed by atoms with E-state index in [0.29, 0.717) is 19.0 Å². The lowest BCUT2D eigenvalue weighted by Gasteiger charge is -2.37. The second kappa shape index (κ2) is 5.76. The molecule has 3 rings (SSSR count). The van der Waals surface area contributed by atoms with Gasteiger partial charge in [0.15, 0.2) is 0 Å². The van der Waals surface area contributed by atoms with Crippen molar-refractivity contribution in [3.8, 4) is 5.75 Å². The molecule has 1 aromatic carbocycles. The monoisotopic (exact) mass is 332 g/mol. The zero-order chi connectivity index (χ0) is 14.9. The SMILES string of the molecule is O=S(=O)(Cl)c1ccc(OC2CCOC3(CCOC3)C2)cc1. The minimum Gasteiger partial charge on any atom is -0.490 e. The summed E-state index contributed by atoms with van der Waals surface area (Å²) in [6.07, 6.45) is 2.56. The maximum atomic E-state index is 11.2. The van der Waals surface area contributed by atoms with Gasteiger partial charge in [-0.05, 0) is 24.3 Å². The Kier molecular flexibility index (Phi) is 4.14. The van der Waals surface area contributed by atoms with E-state index in [4.69, 9.17) is 24.9 Å². The number of hydrogen-bond acceptors (Lipinski definition) is 5. The molecule has 0 saturated carbocycles. The van der Waals surface area contributed by atoms with Gasteiger partial charge in [-0.25, -0.2) is 8.42 Å². The van der Waals surface area contributed by atoms with Crippen LogP contribution in [0, 0.1) is 0 Å². The molecule has 0 amide bonds. The van der Waals surface area contributed by atoms with Crippen molar-refractivity contribution in [1.82, 2.24) is 0 Å². The molecule has 5 nitrogen and oxygen atoms in total. The Morgan fingerprint density at radius 2 is 2.00 bits per heavy atom. The van der Waals surface area contributed by atoms with E-state index in [9.17, 15) is 8.42 Å². The molecule has 0 N–H and O–H groups in total. The molecule has 2 heterocycles. The summed E-state index contributed by atoms with van der Waals surface area (Å²) in [5, 5.41) is 0. The van der Waals surface area contributed by atoms with Gasteiger partial charge in [0.2, 0.25) is 0 Å². The Bertz CT molecular complexity index is 592. The van der Waals surface area contributed by atoms with Crippen molar-refractivity contribution in [2.24, 2.45) is 0 Å². The molecule has 0 bridgehead atoms. The number of halogens is 1. The fourth-order valence-electron chi connectivity index (χ4n) is 2.82. The average molecular weight is 333 g/mol. The Hall–Kier alpha value is -0.820. The van der Waals surface area contributed by atoms with Crippen molar-refractivity contribution in [2.75, 3.05) is 19.8 Å². The van der Waals surface area contributed by atoms with Crippen LogP contribution in [0.4, 0.5) is 0 Å². The summed E-state index contributed by atoms with van der Waals surface area (Å²) < 4.78 is 39.6. The third kappa shape index (κ3) is 3.51. The predicted octanol–water partition coefficient (Wildman–Crippen LogP) is 2.33. The minimum atomic E-state index is -3.69. The molecule has 116 valence electrons. The summed E-state index contributed by atoms with van der Waals surface area (Å²) >= 11 is 0. The molecule has 1 spiro atoms. The van der Waals surface area contributed by atoms with Crippen LogP contribution in [0.25, 0.3) is 0 Å². The predicted molar refractivity (Wildman–Crippen MR) is 77.2 cm³/mol.